The van der Waals surface area contributed by atoms with E-state index in [1.807, 2.05) is 24.3 Å². The molecule has 0 saturated heterocycles. The third-order valence-corrected chi connectivity index (χ3v) is 4.02. The van der Waals surface area contributed by atoms with Crippen LogP contribution >= 0.6 is 11.6 Å². The lowest BCUT2D eigenvalue weighted by atomic mass is 10.2. The van der Waals surface area contributed by atoms with Crippen molar-refractivity contribution in [2.75, 3.05) is 13.2 Å². The van der Waals surface area contributed by atoms with Gasteiger partial charge in [-0.15, -0.1) is 11.6 Å². The summed E-state index contributed by atoms with van der Waals surface area (Å²) >= 11 is 5.94. The van der Waals surface area contributed by atoms with E-state index in [2.05, 4.69) is 4.98 Å². The van der Waals surface area contributed by atoms with E-state index in [4.69, 9.17) is 16.3 Å². The van der Waals surface area contributed by atoms with E-state index < -0.39 is 0 Å². The molecule has 0 atom stereocenters. The van der Waals surface area contributed by atoms with Crippen molar-refractivity contribution in [3.05, 3.63) is 40.4 Å². The molecule has 112 valence electrons. The maximum absolute atomic E-state index is 12.5. The van der Waals surface area contributed by atoms with Gasteiger partial charge in [0.25, 0.3) is 5.56 Å². The zero-order chi connectivity index (χ0) is 14.7. The first kappa shape index (κ1) is 14.5. The molecule has 4 nitrogen and oxygen atoms in total. The highest BCUT2D eigenvalue weighted by atomic mass is 35.5. The number of alkyl halides is 1. The number of hydrogen-bond donors (Lipinski definition) is 0. The fourth-order valence-corrected chi connectivity index (χ4v) is 2.61. The Hall–Kier alpha value is -1.39. The van der Waals surface area contributed by atoms with Gasteiger partial charge in [-0.1, -0.05) is 12.1 Å². The lowest BCUT2D eigenvalue weighted by molar-refractivity contribution is 0.119. The predicted octanol–water partition coefficient (Wildman–Crippen LogP) is 2.95. The number of nitrogens with zero attached hydrogens (tertiary/aromatic N) is 2. The van der Waals surface area contributed by atoms with Crippen LogP contribution in [-0.2, 0) is 17.2 Å². The van der Waals surface area contributed by atoms with Gasteiger partial charge < -0.3 is 4.74 Å². The minimum Gasteiger partial charge on any atom is -0.381 e. The van der Waals surface area contributed by atoms with Crippen LogP contribution < -0.4 is 5.56 Å². The van der Waals surface area contributed by atoms with E-state index in [1.54, 1.807) is 4.57 Å². The van der Waals surface area contributed by atoms with Crippen LogP contribution in [0.3, 0.4) is 0 Å². The van der Waals surface area contributed by atoms with E-state index in [9.17, 15) is 4.79 Å². The van der Waals surface area contributed by atoms with Gasteiger partial charge in [-0.2, -0.15) is 0 Å². The van der Waals surface area contributed by atoms with Crippen molar-refractivity contribution in [2.45, 2.75) is 31.7 Å². The van der Waals surface area contributed by atoms with Crippen LogP contribution in [0.25, 0.3) is 10.9 Å². The smallest absolute Gasteiger partial charge is 0.261 e. The third-order valence-electron chi connectivity index (χ3n) is 3.78. The van der Waals surface area contributed by atoms with Crippen LogP contribution in [0.1, 0.15) is 25.1 Å². The fraction of sp³-hybridized carbons (Fsp3) is 0.500. The lowest BCUT2D eigenvalue weighted by Gasteiger charge is -2.12. The molecule has 3 rings (SSSR count). The van der Waals surface area contributed by atoms with Crippen molar-refractivity contribution in [2.24, 2.45) is 5.92 Å². The van der Waals surface area contributed by atoms with E-state index >= 15 is 0 Å². The molecule has 5 heteroatoms. The summed E-state index contributed by atoms with van der Waals surface area (Å²) in [5.41, 5.74) is 0.692. The molecule has 0 bridgehead atoms. The predicted molar refractivity (Wildman–Crippen MR) is 83.7 cm³/mol. The molecule has 21 heavy (non-hydrogen) atoms. The summed E-state index contributed by atoms with van der Waals surface area (Å²) in [6.45, 7) is 2.13. The number of ether oxygens (including phenoxy) is 1. The summed E-state index contributed by atoms with van der Waals surface area (Å²) in [5, 5.41) is 0.644. The molecule has 1 aliphatic carbocycles. The van der Waals surface area contributed by atoms with Gasteiger partial charge in [-0.25, -0.2) is 4.98 Å². The van der Waals surface area contributed by atoms with Crippen molar-refractivity contribution < 1.29 is 4.74 Å². The third kappa shape index (κ3) is 3.44. The molecule has 2 aromatic rings. The first-order valence-electron chi connectivity index (χ1n) is 7.42. The molecule has 0 spiro atoms. The number of rotatable bonds is 7. The van der Waals surface area contributed by atoms with Crippen LogP contribution in [-0.4, -0.2) is 22.8 Å². The molecular formula is C16H19ClN2O2. The Morgan fingerprint density at radius 1 is 1.33 bits per heavy atom. The van der Waals surface area contributed by atoms with Crippen molar-refractivity contribution in [3.8, 4) is 0 Å². The Labute approximate surface area is 128 Å². The molecule has 1 aromatic carbocycles. The van der Waals surface area contributed by atoms with Crippen LogP contribution in [0, 0.1) is 5.92 Å². The van der Waals surface area contributed by atoms with Crippen molar-refractivity contribution in [3.63, 3.8) is 0 Å². The zero-order valence-electron chi connectivity index (χ0n) is 11.9. The van der Waals surface area contributed by atoms with Gasteiger partial charge in [0.15, 0.2) is 0 Å². The molecule has 0 amide bonds. The molecule has 0 radical (unpaired) electrons. The number of fused-ring (bicyclic) bond motifs is 1. The summed E-state index contributed by atoms with van der Waals surface area (Å²) in [7, 11) is 0. The molecule has 1 aliphatic rings. The maximum Gasteiger partial charge on any atom is 0.261 e. The number of halogens is 1. The molecular weight excluding hydrogens is 288 g/mol. The highest BCUT2D eigenvalue weighted by molar-refractivity contribution is 6.16. The summed E-state index contributed by atoms with van der Waals surface area (Å²) in [6.07, 6.45) is 3.39. The average Bonchev–Trinajstić information content (AvgIpc) is 3.33. The van der Waals surface area contributed by atoms with Gasteiger partial charge in [-0.3, -0.25) is 9.36 Å². The number of para-hydroxylation sites is 1. The normalized spacial score (nSPS) is 14.7. The molecule has 1 fully saturated rings. The molecule has 0 aliphatic heterocycles. The van der Waals surface area contributed by atoms with Gasteiger partial charge in [0.2, 0.25) is 0 Å². The van der Waals surface area contributed by atoms with Crippen molar-refractivity contribution in [1.29, 1.82) is 0 Å². The highest BCUT2D eigenvalue weighted by Gasteiger charge is 2.20. The average molecular weight is 307 g/mol. The summed E-state index contributed by atoms with van der Waals surface area (Å²) in [4.78, 5) is 17.0. The minimum absolute atomic E-state index is 0.0153. The van der Waals surface area contributed by atoms with Gasteiger partial charge in [0.05, 0.1) is 16.8 Å². The van der Waals surface area contributed by atoms with E-state index in [0.29, 0.717) is 29.9 Å². The maximum atomic E-state index is 12.5. The van der Waals surface area contributed by atoms with E-state index in [1.165, 1.54) is 12.8 Å². The topological polar surface area (TPSA) is 44.1 Å². The van der Waals surface area contributed by atoms with Crippen LogP contribution in [0.2, 0.25) is 0 Å². The van der Waals surface area contributed by atoms with E-state index in [0.717, 1.165) is 18.9 Å². The molecule has 0 unspecified atom stereocenters. The Balaban J connectivity index is 1.72. The number of hydrogen-bond acceptors (Lipinski definition) is 3. The number of benzene rings is 1. The second-order valence-electron chi connectivity index (χ2n) is 5.51. The van der Waals surface area contributed by atoms with Crippen molar-refractivity contribution >= 4 is 22.5 Å². The first-order valence-corrected chi connectivity index (χ1v) is 7.95. The summed E-state index contributed by atoms with van der Waals surface area (Å²) in [6, 6.07) is 7.39. The standard InChI is InChI=1S/C16H19ClN2O2/c17-10-15-18-14-5-2-1-4-13(14)16(20)19(15)8-3-9-21-11-12-6-7-12/h1-2,4-5,12H,3,6-11H2. The second kappa shape index (κ2) is 6.58. The summed E-state index contributed by atoms with van der Waals surface area (Å²) in [5.74, 6) is 1.64. The quantitative estimate of drug-likeness (QED) is 0.583. The second-order valence-corrected chi connectivity index (χ2v) is 5.77. The Bertz CT molecular complexity index is 680. The van der Waals surface area contributed by atoms with Crippen LogP contribution in [0.4, 0.5) is 0 Å². The SMILES string of the molecule is O=c1c2ccccc2nc(CCl)n1CCCOCC1CC1. The Kier molecular flexibility index (Phi) is 4.56. The van der Waals surface area contributed by atoms with Gasteiger partial charge in [0, 0.05) is 19.8 Å². The summed E-state index contributed by atoms with van der Waals surface area (Å²) < 4.78 is 7.29. The lowest BCUT2D eigenvalue weighted by Crippen LogP contribution is -2.25. The molecule has 1 aromatic heterocycles. The minimum atomic E-state index is -0.0153. The van der Waals surface area contributed by atoms with E-state index in [-0.39, 0.29) is 11.4 Å². The monoisotopic (exact) mass is 306 g/mol. The zero-order valence-corrected chi connectivity index (χ0v) is 12.7. The van der Waals surface area contributed by atoms with Gasteiger partial charge in [0.1, 0.15) is 5.82 Å². The van der Waals surface area contributed by atoms with Crippen LogP contribution in [0.15, 0.2) is 29.1 Å². The van der Waals surface area contributed by atoms with Gasteiger partial charge >= 0.3 is 0 Å². The highest BCUT2D eigenvalue weighted by Crippen LogP contribution is 2.28. The molecule has 1 saturated carbocycles. The van der Waals surface area contributed by atoms with Crippen molar-refractivity contribution in [1.82, 2.24) is 9.55 Å². The molecule has 1 heterocycles. The Morgan fingerprint density at radius 2 is 2.14 bits per heavy atom. The largest absolute Gasteiger partial charge is 0.381 e. The fourth-order valence-electron chi connectivity index (χ4n) is 2.41. The number of aromatic nitrogens is 2. The Morgan fingerprint density at radius 3 is 2.90 bits per heavy atom. The van der Waals surface area contributed by atoms with Gasteiger partial charge in [-0.05, 0) is 37.3 Å². The molecule has 0 N–H and O–H groups in total. The van der Waals surface area contributed by atoms with Crippen LogP contribution in [0.5, 0.6) is 0 Å². The first-order chi connectivity index (χ1) is 10.3.